The lowest BCUT2D eigenvalue weighted by molar-refractivity contribution is 0.0611. The molecule has 0 aliphatic heterocycles. The lowest BCUT2D eigenvalue weighted by Crippen LogP contribution is -2.17. The summed E-state index contributed by atoms with van der Waals surface area (Å²) in [5.41, 5.74) is 0. The summed E-state index contributed by atoms with van der Waals surface area (Å²) in [5, 5.41) is 17.3. The zero-order chi connectivity index (χ0) is 5.28. The smallest absolute Gasteiger partial charge is 0.0982 e. The third-order valence-electron chi connectivity index (χ3n) is 1.11. The zero-order valence-electron chi connectivity index (χ0n) is 3.91. The van der Waals surface area contributed by atoms with Crippen LogP contribution >= 0.6 is 0 Å². The molecule has 0 unspecified atom stereocenters. The van der Waals surface area contributed by atoms with E-state index in [1.165, 1.54) is 0 Å². The molecule has 0 saturated heterocycles. The van der Waals surface area contributed by atoms with E-state index < -0.39 is 12.2 Å². The van der Waals surface area contributed by atoms with Crippen molar-refractivity contribution in [1.29, 1.82) is 0 Å². The fraction of sp³-hybridized carbons (Fsp3) is 0.600. The maximum Gasteiger partial charge on any atom is 0.0982 e. The second-order valence-corrected chi connectivity index (χ2v) is 1.72. The monoisotopic (exact) mass is 100 g/mol. The van der Waals surface area contributed by atoms with E-state index in [1.54, 1.807) is 12.2 Å². The molecule has 0 radical (unpaired) electrons. The highest BCUT2D eigenvalue weighted by Gasteiger charge is 2.15. The van der Waals surface area contributed by atoms with Gasteiger partial charge in [0.1, 0.15) is 0 Å². The van der Waals surface area contributed by atoms with E-state index in [9.17, 15) is 0 Å². The highest BCUT2D eigenvalue weighted by Crippen LogP contribution is 2.08. The Bertz CT molecular complexity index is 88.1. The van der Waals surface area contributed by atoms with Gasteiger partial charge in [-0.05, 0) is 6.42 Å². The van der Waals surface area contributed by atoms with Crippen LogP contribution in [0.1, 0.15) is 6.42 Å². The second kappa shape index (κ2) is 1.64. The summed E-state index contributed by atoms with van der Waals surface area (Å²) in [7, 11) is 0. The van der Waals surface area contributed by atoms with Crippen LogP contribution in [0.15, 0.2) is 12.2 Å². The summed E-state index contributed by atoms with van der Waals surface area (Å²) in [4.78, 5) is 0. The van der Waals surface area contributed by atoms with Crippen LogP contribution in [-0.2, 0) is 0 Å². The van der Waals surface area contributed by atoms with Crippen molar-refractivity contribution < 1.29 is 10.2 Å². The maximum atomic E-state index is 8.69. The third-order valence-corrected chi connectivity index (χ3v) is 1.11. The summed E-state index contributed by atoms with van der Waals surface area (Å²) in [6.45, 7) is 0. The molecule has 0 spiro atoms. The van der Waals surface area contributed by atoms with Gasteiger partial charge in [0.15, 0.2) is 0 Å². The summed E-state index contributed by atoms with van der Waals surface area (Å²) < 4.78 is 0. The minimum atomic E-state index is -0.611. The van der Waals surface area contributed by atoms with Gasteiger partial charge in [0, 0.05) is 0 Å². The van der Waals surface area contributed by atoms with E-state index in [1.807, 2.05) is 0 Å². The van der Waals surface area contributed by atoms with Gasteiger partial charge in [0.05, 0.1) is 12.2 Å². The van der Waals surface area contributed by atoms with Crippen molar-refractivity contribution in [2.45, 2.75) is 18.6 Å². The van der Waals surface area contributed by atoms with E-state index >= 15 is 0 Å². The Hall–Kier alpha value is -0.340. The largest absolute Gasteiger partial charge is 0.390 e. The predicted molar refractivity (Wildman–Crippen MR) is 25.8 cm³/mol. The minimum Gasteiger partial charge on any atom is -0.390 e. The average Bonchev–Trinajstić information content (AvgIpc) is 1.91. The molecule has 0 aromatic rings. The summed E-state index contributed by atoms with van der Waals surface area (Å²) >= 11 is 0. The highest BCUT2D eigenvalue weighted by atomic mass is 16.3. The standard InChI is InChI=1S/C5H8O2/c6-4-2-1-3-5(4)7/h1-2,4-7H,3H2/t4-,5-/m1/s1. The third kappa shape index (κ3) is 0.813. The molecule has 1 aliphatic carbocycles. The van der Waals surface area contributed by atoms with Crippen LogP contribution in [0.5, 0.6) is 0 Å². The quantitative estimate of drug-likeness (QED) is 0.409. The maximum absolute atomic E-state index is 8.69. The van der Waals surface area contributed by atoms with Crippen molar-refractivity contribution in [3.63, 3.8) is 0 Å². The van der Waals surface area contributed by atoms with Crippen molar-refractivity contribution in [2.24, 2.45) is 0 Å². The first-order valence-corrected chi connectivity index (χ1v) is 2.33. The highest BCUT2D eigenvalue weighted by molar-refractivity contribution is 5.01. The first-order valence-electron chi connectivity index (χ1n) is 2.33. The Morgan fingerprint density at radius 3 is 2.29 bits per heavy atom. The lowest BCUT2D eigenvalue weighted by atomic mass is 10.2. The van der Waals surface area contributed by atoms with Gasteiger partial charge in [-0.1, -0.05) is 12.2 Å². The van der Waals surface area contributed by atoms with Gasteiger partial charge in [-0.2, -0.15) is 0 Å². The van der Waals surface area contributed by atoms with Gasteiger partial charge in [-0.3, -0.25) is 0 Å². The summed E-state index contributed by atoms with van der Waals surface area (Å²) in [5.74, 6) is 0. The Morgan fingerprint density at radius 1 is 1.43 bits per heavy atom. The van der Waals surface area contributed by atoms with Gasteiger partial charge in [-0.25, -0.2) is 0 Å². The number of aliphatic hydroxyl groups excluding tert-OH is 2. The SMILES string of the molecule is O[C@@H]1C=CC[C@H]1O. The molecule has 2 atom stereocenters. The molecule has 0 bridgehead atoms. The van der Waals surface area contributed by atoms with Crippen LogP contribution in [0, 0.1) is 0 Å². The molecule has 0 saturated carbocycles. The van der Waals surface area contributed by atoms with Gasteiger partial charge in [0.2, 0.25) is 0 Å². The molecule has 0 amide bonds. The fourth-order valence-corrected chi connectivity index (χ4v) is 0.625. The van der Waals surface area contributed by atoms with Crippen molar-refractivity contribution in [1.82, 2.24) is 0 Å². The molecular weight excluding hydrogens is 92.1 g/mol. The second-order valence-electron chi connectivity index (χ2n) is 1.72. The van der Waals surface area contributed by atoms with Gasteiger partial charge >= 0.3 is 0 Å². The van der Waals surface area contributed by atoms with Crippen LogP contribution in [0.25, 0.3) is 0 Å². The molecule has 0 fully saturated rings. The van der Waals surface area contributed by atoms with Gasteiger partial charge < -0.3 is 10.2 Å². The van der Waals surface area contributed by atoms with E-state index in [0.29, 0.717) is 6.42 Å². The van der Waals surface area contributed by atoms with Crippen molar-refractivity contribution >= 4 is 0 Å². The van der Waals surface area contributed by atoms with Gasteiger partial charge in [0.25, 0.3) is 0 Å². The molecule has 0 heterocycles. The molecule has 2 nitrogen and oxygen atoms in total. The van der Waals surface area contributed by atoms with Crippen molar-refractivity contribution in [3.05, 3.63) is 12.2 Å². The molecule has 40 valence electrons. The Kier molecular flexibility index (Phi) is 1.13. The molecule has 7 heavy (non-hydrogen) atoms. The number of aliphatic hydroxyl groups is 2. The van der Waals surface area contributed by atoms with Crippen molar-refractivity contribution in [2.75, 3.05) is 0 Å². The number of hydrogen-bond acceptors (Lipinski definition) is 2. The van der Waals surface area contributed by atoms with Crippen LogP contribution < -0.4 is 0 Å². The fourth-order valence-electron chi connectivity index (χ4n) is 0.625. The van der Waals surface area contributed by atoms with E-state index in [2.05, 4.69) is 0 Å². The first-order chi connectivity index (χ1) is 3.30. The van der Waals surface area contributed by atoms with Crippen LogP contribution in [-0.4, -0.2) is 22.4 Å². The number of hydrogen-bond donors (Lipinski definition) is 2. The predicted octanol–water partition coefficient (Wildman–Crippen LogP) is -0.332. The van der Waals surface area contributed by atoms with E-state index in [4.69, 9.17) is 10.2 Å². The Morgan fingerprint density at radius 2 is 2.14 bits per heavy atom. The van der Waals surface area contributed by atoms with E-state index in [-0.39, 0.29) is 0 Å². The van der Waals surface area contributed by atoms with Crippen LogP contribution in [0.4, 0.5) is 0 Å². The normalized spacial score (nSPS) is 39.7. The minimum absolute atomic E-state index is 0.542. The average molecular weight is 100 g/mol. The number of rotatable bonds is 0. The molecule has 1 rings (SSSR count). The van der Waals surface area contributed by atoms with Crippen LogP contribution in [0.3, 0.4) is 0 Å². The molecule has 0 aromatic carbocycles. The van der Waals surface area contributed by atoms with Crippen LogP contribution in [0.2, 0.25) is 0 Å². The summed E-state index contributed by atoms with van der Waals surface area (Å²) in [6.07, 6.45) is 2.82. The first kappa shape index (κ1) is 4.81. The molecule has 2 N–H and O–H groups in total. The van der Waals surface area contributed by atoms with E-state index in [0.717, 1.165) is 0 Å². The molecule has 2 heteroatoms. The molecule has 1 aliphatic rings. The summed E-state index contributed by atoms with van der Waals surface area (Å²) in [6, 6.07) is 0. The molecule has 0 aromatic heterocycles. The lowest BCUT2D eigenvalue weighted by Gasteiger charge is -2.03. The zero-order valence-corrected chi connectivity index (χ0v) is 3.91. The van der Waals surface area contributed by atoms with Gasteiger partial charge in [-0.15, -0.1) is 0 Å². The Labute approximate surface area is 42.1 Å². The topological polar surface area (TPSA) is 40.5 Å². The Balaban J connectivity index is 2.45. The van der Waals surface area contributed by atoms with Crippen molar-refractivity contribution in [3.8, 4) is 0 Å². The molecular formula is C5H8O2.